The second-order valence-corrected chi connectivity index (χ2v) is 6.37. The molecule has 0 radical (unpaired) electrons. The van der Waals surface area contributed by atoms with Gasteiger partial charge >= 0.3 is 0 Å². The summed E-state index contributed by atoms with van der Waals surface area (Å²) < 4.78 is 5.76. The van der Waals surface area contributed by atoms with Crippen molar-refractivity contribution in [3.63, 3.8) is 0 Å². The summed E-state index contributed by atoms with van der Waals surface area (Å²) in [6.07, 6.45) is 9.23. The predicted octanol–water partition coefficient (Wildman–Crippen LogP) is 2.80. The van der Waals surface area contributed by atoms with Gasteiger partial charge in [0.1, 0.15) is 0 Å². The lowest BCUT2D eigenvalue weighted by molar-refractivity contribution is 0.0397. The lowest BCUT2D eigenvalue weighted by Crippen LogP contribution is -2.63. The number of nitrogens with one attached hydrogen (secondary N) is 1. The van der Waals surface area contributed by atoms with E-state index in [-0.39, 0.29) is 0 Å². The van der Waals surface area contributed by atoms with E-state index in [1.165, 1.54) is 58.0 Å². The highest BCUT2D eigenvalue weighted by atomic mass is 16.5. The van der Waals surface area contributed by atoms with Crippen LogP contribution < -0.4 is 5.32 Å². The number of unbranched alkanes of at least 4 members (excludes halogenated alkanes) is 1. The van der Waals surface area contributed by atoms with Gasteiger partial charge in [0, 0.05) is 37.8 Å². The zero-order chi connectivity index (χ0) is 13.6. The molecule has 1 aliphatic carbocycles. The second-order valence-electron chi connectivity index (χ2n) is 6.37. The first-order chi connectivity index (χ1) is 9.29. The van der Waals surface area contributed by atoms with Crippen molar-refractivity contribution >= 4 is 0 Å². The fourth-order valence-corrected chi connectivity index (χ4v) is 3.62. The smallest absolute Gasteiger partial charge is 0.0593 e. The zero-order valence-corrected chi connectivity index (χ0v) is 12.9. The van der Waals surface area contributed by atoms with Crippen LogP contribution in [0.1, 0.15) is 58.8 Å². The molecule has 0 bridgehead atoms. The van der Waals surface area contributed by atoms with Crippen molar-refractivity contribution in [3.05, 3.63) is 0 Å². The van der Waals surface area contributed by atoms with Crippen LogP contribution in [0.5, 0.6) is 0 Å². The van der Waals surface area contributed by atoms with E-state index in [0.29, 0.717) is 11.6 Å². The molecule has 1 heterocycles. The summed E-state index contributed by atoms with van der Waals surface area (Å²) in [7, 11) is 0. The molecule has 0 aromatic heterocycles. The molecule has 3 heteroatoms. The molecule has 1 atom stereocenters. The number of nitrogens with zero attached hydrogens (tertiary/aromatic N) is 1. The van der Waals surface area contributed by atoms with Crippen LogP contribution in [0.25, 0.3) is 0 Å². The Balaban J connectivity index is 1.77. The maximum atomic E-state index is 5.76. The number of hydrogen-bond acceptors (Lipinski definition) is 3. The van der Waals surface area contributed by atoms with E-state index in [2.05, 4.69) is 24.1 Å². The molecule has 19 heavy (non-hydrogen) atoms. The maximum absolute atomic E-state index is 5.76. The van der Waals surface area contributed by atoms with Gasteiger partial charge in [0.05, 0.1) is 6.61 Å². The highest BCUT2D eigenvalue weighted by Crippen LogP contribution is 2.33. The standard InChI is InChI=1S/C16H32N2O/c1-3-5-11-19-12-10-18-14-16(8-6-7-9-16)17-13-15(18)4-2/h15,17H,3-14H2,1-2H3. The minimum absolute atomic E-state index is 0.440. The van der Waals surface area contributed by atoms with Crippen molar-refractivity contribution < 1.29 is 4.74 Å². The van der Waals surface area contributed by atoms with Gasteiger partial charge in [0.2, 0.25) is 0 Å². The van der Waals surface area contributed by atoms with E-state index in [1.807, 2.05) is 0 Å². The van der Waals surface area contributed by atoms with Gasteiger partial charge in [-0.1, -0.05) is 33.1 Å². The van der Waals surface area contributed by atoms with Crippen LogP contribution in [-0.4, -0.2) is 49.3 Å². The molecule has 1 unspecified atom stereocenters. The molecule has 0 amide bonds. The summed E-state index contributed by atoms with van der Waals surface area (Å²) in [5, 5.41) is 3.85. The van der Waals surface area contributed by atoms with Crippen molar-refractivity contribution in [2.45, 2.75) is 70.4 Å². The predicted molar refractivity (Wildman–Crippen MR) is 80.6 cm³/mol. The maximum Gasteiger partial charge on any atom is 0.0593 e. The first-order valence-corrected chi connectivity index (χ1v) is 8.36. The van der Waals surface area contributed by atoms with Crippen LogP contribution >= 0.6 is 0 Å². The highest BCUT2D eigenvalue weighted by molar-refractivity contribution is 5.00. The Morgan fingerprint density at radius 2 is 2.00 bits per heavy atom. The Morgan fingerprint density at radius 1 is 1.21 bits per heavy atom. The van der Waals surface area contributed by atoms with Gasteiger partial charge in [0.25, 0.3) is 0 Å². The molecule has 1 spiro atoms. The third-order valence-corrected chi connectivity index (χ3v) is 4.93. The van der Waals surface area contributed by atoms with Gasteiger partial charge in [-0.2, -0.15) is 0 Å². The van der Waals surface area contributed by atoms with Crippen molar-refractivity contribution in [2.24, 2.45) is 0 Å². The SMILES string of the molecule is CCCCOCCN1CC2(CCCC2)NCC1CC. The summed E-state index contributed by atoms with van der Waals surface area (Å²) in [5.41, 5.74) is 0.440. The van der Waals surface area contributed by atoms with Gasteiger partial charge in [0.15, 0.2) is 0 Å². The van der Waals surface area contributed by atoms with E-state index < -0.39 is 0 Å². The van der Waals surface area contributed by atoms with Crippen LogP contribution in [-0.2, 0) is 4.74 Å². The van der Waals surface area contributed by atoms with Crippen LogP contribution in [0.3, 0.4) is 0 Å². The molecule has 2 fully saturated rings. The van der Waals surface area contributed by atoms with E-state index in [4.69, 9.17) is 4.74 Å². The topological polar surface area (TPSA) is 24.5 Å². The summed E-state index contributed by atoms with van der Waals surface area (Å²) >= 11 is 0. The molecule has 2 rings (SSSR count). The van der Waals surface area contributed by atoms with E-state index in [1.54, 1.807) is 0 Å². The highest BCUT2D eigenvalue weighted by Gasteiger charge is 2.40. The summed E-state index contributed by atoms with van der Waals surface area (Å²) in [6.45, 7) is 9.90. The number of hydrogen-bond donors (Lipinski definition) is 1. The van der Waals surface area contributed by atoms with Gasteiger partial charge < -0.3 is 10.1 Å². The molecule has 0 aromatic carbocycles. The average Bonchev–Trinajstić information content (AvgIpc) is 2.87. The van der Waals surface area contributed by atoms with Crippen molar-refractivity contribution in [1.82, 2.24) is 10.2 Å². The molecule has 1 saturated heterocycles. The Labute approximate surface area is 119 Å². The van der Waals surface area contributed by atoms with E-state index in [9.17, 15) is 0 Å². The molecule has 1 aliphatic heterocycles. The van der Waals surface area contributed by atoms with Crippen LogP contribution in [0.15, 0.2) is 0 Å². The van der Waals surface area contributed by atoms with Crippen molar-refractivity contribution in [2.75, 3.05) is 32.8 Å². The molecular weight excluding hydrogens is 236 g/mol. The molecule has 1 N–H and O–H groups in total. The summed E-state index contributed by atoms with van der Waals surface area (Å²) in [6, 6.07) is 0.709. The lowest BCUT2D eigenvalue weighted by atomic mass is 9.91. The molecular formula is C16H32N2O. The quantitative estimate of drug-likeness (QED) is 0.719. The van der Waals surface area contributed by atoms with E-state index >= 15 is 0 Å². The Hall–Kier alpha value is -0.120. The molecule has 0 aromatic rings. The Kier molecular flexibility index (Phi) is 6.11. The fraction of sp³-hybridized carbons (Fsp3) is 1.00. The van der Waals surface area contributed by atoms with Gasteiger partial charge in [-0.3, -0.25) is 4.90 Å². The third-order valence-electron chi connectivity index (χ3n) is 4.93. The summed E-state index contributed by atoms with van der Waals surface area (Å²) in [5.74, 6) is 0. The molecule has 112 valence electrons. The van der Waals surface area contributed by atoms with Crippen LogP contribution in [0.4, 0.5) is 0 Å². The van der Waals surface area contributed by atoms with Crippen LogP contribution in [0.2, 0.25) is 0 Å². The monoisotopic (exact) mass is 268 g/mol. The molecule has 2 aliphatic rings. The average molecular weight is 268 g/mol. The van der Waals surface area contributed by atoms with Crippen molar-refractivity contribution in [3.8, 4) is 0 Å². The number of ether oxygens (including phenoxy) is 1. The Bertz CT molecular complexity index is 251. The fourth-order valence-electron chi connectivity index (χ4n) is 3.62. The largest absolute Gasteiger partial charge is 0.380 e. The van der Waals surface area contributed by atoms with E-state index in [0.717, 1.165) is 19.8 Å². The van der Waals surface area contributed by atoms with Gasteiger partial charge in [-0.15, -0.1) is 0 Å². The minimum atomic E-state index is 0.440. The Morgan fingerprint density at radius 3 is 2.68 bits per heavy atom. The minimum Gasteiger partial charge on any atom is -0.380 e. The molecule has 1 saturated carbocycles. The second kappa shape index (κ2) is 7.61. The third kappa shape index (κ3) is 4.17. The summed E-state index contributed by atoms with van der Waals surface area (Å²) in [4.78, 5) is 2.69. The van der Waals surface area contributed by atoms with Crippen molar-refractivity contribution in [1.29, 1.82) is 0 Å². The molecule has 3 nitrogen and oxygen atoms in total. The number of rotatable bonds is 7. The normalized spacial score (nSPS) is 27.2. The van der Waals surface area contributed by atoms with Gasteiger partial charge in [-0.25, -0.2) is 0 Å². The first kappa shape index (κ1) is 15.3. The zero-order valence-electron chi connectivity index (χ0n) is 12.9. The van der Waals surface area contributed by atoms with Crippen LogP contribution in [0, 0.1) is 0 Å². The first-order valence-electron chi connectivity index (χ1n) is 8.36. The number of piperazine rings is 1. The van der Waals surface area contributed by atoms with Gasteiger partial charge in [-0.05, 0) is 25.7 Å². The lowest BCUT2D eigenvalue weighted by Gasteiger charge is -2.46.